The van der Waals surface area contributed by atoms with E-state index in [-0.39, 0.29) is 0 Å². The summed E-state index contributed by atoms with van der Waals surface area (Å²) in [5, 5.41) is 4.18. The Balaban J connectivity index is 2.02. The van der Waals surface area contributed by atoms with Crippen LogP contribution in [0.2, 0.25) is 0 Å². The first kappa shape index (κ1) is 10.9. The van der Waals surface area contributed by atoms with Gasteiger partial charge < -0.3 is 10.1 Å². The minimum absolute atomic E-state index is 0.619. The molecule has 3 nitrogen and oxygen atoms in total. The fourth-order valence-electron chi connectivity index (χ4n) is 2.15. The molecule has 1 saturated heterocycles. The van der Waals surface area contributed by atoms with Gasteiger partial charge in [-0.05, 0) is 37.8 Å². The first-order chi connectivity index (χ1) is 7.31. The van der Waals surface area contributed by atoms with Crippen molar-refractivity contribution in [2.75, 3.05) is 20.2 Å². The van der Waals surface area contributed by atoms with Crippen molar-refractivity contribution in [3.8, 4) is 5.19 Å². The van der Waals surface area contributed by atoms with Gasteiger partial charge in [0.2, 0.25) is 0 Å². The molecule has 1 aromatic heterocycles. The summed E-state index contributed by atoms with van der Waals surface area (Å²) < 4.78 is 5.13. The van der Waals surface area contributed by atoms with Crippen LogP contribution in [0.3, 0.4) is 0 Å². The summed E-state index contributed by atoms with van der Waals surface area (Å²) in [4.78, 5) is 5.59. The topological polar surface area (TPSA) is 34.1 Å². The summed E-state index contributed by atoms with van der Waals surface area (Å²) >= 11 is 1.68. The van der Waals surface area contributed by atoms with Crippen molar-refractivity contribution in [3.63, 3.8) is 0 Å². The van der Waals surface area contributed by atoms with Crippen molar-refractivity contribution in [1.82, 2.24) is 10.3 Å². The first-order valence-electron chi connectivity index (χ1n) is 5.51. The quantitative estimate of drug-likeness (QED) is 0.858. The molecule has 0 aliphatic carbocycles. The van der Waals surface area contributed by atoms with Crippen molar-refractivity contribution < 1.29 is 4.74 Å². The highest BCUT2D eigenvalue weighted by Crippen LogP contribution is 2.35. The summed E-state index contributed by atoms with van der Waals surface area (Å²) in [7, 11) is 1.68. The molecule has 0 aromatic carbocycles. The fourth-order valence-corrected chi connectivity index (χ4v) is 3.03. The summed E-state index contributed by atoms with van der Waals surface area (Å²) in [6.45, 7) is 4.62. The van der Waals surface area contributed by atoms with E-state index in [1.165, 1.54) is 17.7 Å². The van der Waals surface area contributed by atoms with E-state index in [2.05, 4.69) is 17.2 Å². The molecule has 1 aromatic rings. The number of methoxy groups -OCH3 is 1. The van der Waals surface area contributed by atoms with Crippen LogP contribution in [0.25, 0.3) is 0 Å². The van der Waals surface area contributed by atoms with Gasteiger partial charge in [0.25, 0.3) is 5.19 Å². The molecule has 4 heteroatoms. The zero-order chi connectivity index (χ0) is 10.7. The highest BCUT2D eigenvalue weighted by molar-refractivity contribution is 7.13. The van der Waals surface area contributed by atoms with E-state index in [0.29, 0.717) is 5.92 Å². The number of piperidine rings is 1. The van der Waals surface area contributed by atoms with Gasteiger partial charge in [0.15, 0.2) is 0 Å². The van der Waals surface area contributed by atoms with Gasteiger partial charge in [-0.25, -0.2) is 4.98 Å². The molecule has 2 heterocycles. The van der Waals surface area contributed by atoms with Gasteiger partial charge in [0.1, 0.15) is 0 Å². The maximum Gasteiger partial charge on any atom is 0.273 e. The third kappa shape index (κ3) is 2.49. The van der Waals surface area contributed by atoms with E-state index in [4.69, 9.17) is 4.74 Å². The molecule has 15 heavy (non-hydrogen) atoms. The van der Waals surface area contributed by atoms with Crippen molar-refractivity contribution in [3.05, 3.63) is 11.1 Å². The van der Waals surface area contributed by atoms with Crippen molar-refractivity contribution >= 4 is 11.3 Å². The molecule has 1 N–H and O–H groups in total. The van der Waals surface area contributed by atoms with Crippen molar-refractivity contribution in [2.45, 2.75) is 25.7 Å². The molecule has 2 rings (SSSR count). The van der Waals surface area contributed by atoms with Crippen LogP contribution in [0, 0.1) is 5.92 Å². The second kappa shape index (κ2) is 4.94. The van der Waals surface area contributed by atoms with Crippen LogP contribution in [-0.2, 0) is 0 Å². The number of thiazole rings is 1. The molecular formula is C11H18N2OS. The van der Waals surface area contributed by atoms with E-state index < -0.39 is 0 Å². The second-order valence-corrected chi connectivity index (χ2v) is 5.13. The number of aromatic nitrogens is 1. The Labute approximate surface area is 94.9 Å². The van der Waals surface area contributed by atoms with Crippen LogP contribution in [-0.4, -0.2) is 25.2 Å². The lowest BCUT2D eigenvalue weighted by Gasteiger charge is -2.27. The minimum atomic E-state index is 0.619. The molecule has 0 radical (unpaired) electrons. The van der Waals surface area contributed by atoms with Gasteiger partial charge >= 0.3 is 0 Å². The lowest BCUT2D eigenvalue weighted by molar-refractivity contribution is 0.332. The molecule has 1 aliphatic rings. The molecule has 1 fully saturated rings. The Bertz CT molecular complexity index is 307. The SMILES string of the molecule is COc1ncc(C(C)C2CCNCC2)s1. The summed E-state index contributed by atoms with van der Waals surface area (Å²) in [5.41, 5.74) is 0. The molecule has 84 valence electrons. The van der Waals surface area contributed by atoms with Crippen LogP contribution < -0.4 is 10.1 Å². The molecule has 0 spiro atoms. The molecule has 1 unspecified atom stereocenters. The standard InChI is InChI=1S/C11H18N2OS/c1-8(9-3-5-12-6-4-9)10-7-13-11(14-2)15-10/h7-9,12H,3-6H2,1-2H3. The molecule has 1 aliphatic heterocycles. The molecular weight excluding hydrogens is 208 g/mol. The fraction of sp³-hybridized carbons (Fsp3) is 0.727. The van der Waals surface area contributed by atoms with E-state index >= 15 is 0 Å². The Morgan fingerprint density at radius 1 is 1.53 bits per heavy atom. The van der Waals surface area contributed by atoms with Crippen LogP contribution in [0.1, 0.15) is 30.6 Å². The van der Waals surface area contributed by atoms with Gasteiger partial charge in [-0.2, -0.15) is 0 Å². The van der Waals surface area contributed by atoms with E-state index in [1.54, 1.807) is 18.4 Å². The lowest BCUT2D eigenvalue weighted by atomic mass is 9.85. The largest absolute Gasteiger partial charge is 0.473 e. The average molecular weight is 226 g/mol. The van der Waals surface area contributed by atoms with Gasteiger partial charge in [-0.1, -0.05) is 18.3 Å². The molecule has 1 atom stereocenters. The number of hydrogen-bond donors (Lipinski definition) is 1. The number of rotatable bonds is 3. The summed E-state index contributed by atoms with van der Waals surface area (Å²) in [6.07, 6.45) is 4.53. The number of hydrogen-bond acceptors (Lipinski definition) is 4. The number of nitrogens with zero attached hydrogens (tertiary/aromatic N) is 1. The lowest BCUT2D eigenvalue weighted by Crippen LogP contribution is -2.29. The average Bonchev–Trinajstić information content (AvgIpc) is 2.78. The smallest absolute Gasteiger partial charge is 0.273 e. The normalized spacial score (nSPS) is 20.1. The van der Waals surface area contributed by atoms with Crippen LogP contribution in [0.5, 0.6) is 5.19 Å². The number of ether oxygens (including phenoxy) is 1. The van der Waals surface area contributed by atoms with Crippen LogP contribution in [0.4, 0.5) is 0 Å². The van der Waals surface area contributed by atoms with E-state index in [1.807, 2.05) is 6.20 Å². The van der Waals surface area contributed by atoms with Gasteiger partial charge in [-0.15, -0.1) is 0 Å². The monoisotopic (exact) mass is 226 g/mol. The highest BCUT2D eigenvalue weighted by atomic mass is 32.1. The Morgan fingerprint density at radius 2 is 2.27 bits per heavy atom. The third-order valence-corrected chi connectivity index (χ3v) is 4.38. The Morgan fingerprint density at radius 3 is 2.87 bits per heavy atom. The van der Waals surface area contributed by atoms with Gasteiger partial charge in [0, 0.05) is 11.1 Å². The van der Waals surface area contributed by atoms with E-state index in [9.17, 15) is 0 Å². The van der Waals surface area contributed by atoms with E-state index in [0.717, 1.165) is 24.2 Å². The van der Waals surface area contributed by atoms with Crippen molar-refractivity contribution in [1.29, 1.82) is 0 Å². The van der Waals surface area contributed by atoms with Gasteiger partial charge in [-0.3, -0.25) is 0 Å². The summed E-state index contributed by atoms with van der Waals surface area (Å²) in [6, 6.07) is 0. The third-order valence-electron chi connectivity index (χ3n) is 3.22. The maximum atomic E-state index is 5.13. The molecule has 0 bridgehead atoms. The second-order valence-electron chi connectivity index (χ2n) is 4.11. The van der Waals surface area contributed by atoms with Crippen LogP contribution in [0.15, 0.2) is 6.20 Å². The van der Waals surface area contributed by atoms with Gasteiger partial charge in [0.05, 0.1) is 7.11 Å². The summed E-state index contributed by atoms with van der Waals surface area (Å²) in [5.74, 6) is 1.42. The zero-order valence-corrected chi connectivity index (χ0v) is 10.1. The highest BCUT2D eigenvalue weighted by Gasteiger charge is 2.22. The maximum absolute atomic E-state index is 5.13. The predicted octanol–water partition coefficient (Wildman–Crippen LogP) is 2.25. The molecule has 0 amide bonds. The number of nitrogens with one attached hydrogen (secondary N) is 1. The van der Waals surface area contributed by atoms with Crippen molar-refractivity contribution in [2.24, 2.45) is 5.92 Å². The van der Waals surface area contributed by atoms with Crippen LogP contribution >= 0.6 is 11.3 Å². The Hall–Kier alpha value is -0.610. The minimum Gasteiger partial charge on any atom is -0.473 e. The molecule has 0 saturated carbocycles. The predicted molar refractivity (Wildman–Crippen MR) is 62.7 cm³/mol. The zero-order valence-electron chi connectivity index (χ0n) is 9.32. The Kier molecular flexibility index (Phi) is 3.59. The first-order valence-corrected chi connectivity index (χ1v) is 6.33.